The Morgan fingerprint density at radius 2 is 2.06 bits per heavy atom. The highest BCUT2D eigenvalue weighted by molar-refractivity contribution is 4.72. The van der Waals surface area contributed by atoms with Gasteiger partial charge in [-0.1, -0.05) is 6.92 Å². The summed E-state index contributed by atoms with van der Waals surface area (Å²) in [6.45, 7) is 9.69. The third-order valence-corrected chi connectivity index (χ3v) is 3.44. The van der Waals surface area contributed by atoms with Crippen molar-refractivity contribution in [3.8, 4) is 0 Å². The van der Waals surface area contributed by atoms with Crippen LogP contribution in [0.5, 0.6) is 0 Å². The fourth-order valence-corrected chi connectivity index (χ4v) is 2.43. The monoisotopic (exact) mass is 227 g/mol. The van der Waals surface area contributed by atoms with Crippen LogP contribution in [0.15, 0.2) is 0 Å². The summed E-state index contributed by atoms with van der Waals surface area (Å²) in [7, 11) is 4.31. The Hall–Kier alpha value is -0.120. The minimum absolute atomic E-state index is 0.882. The Kier molecular flexibility index (Phi) is 7.01. The third-order valence-electron chi connectivity index (χ3n) is 3.44. The van der Waals surface area contributed by atoms with E-state index in [2.05, 4.69) is 36.1 Å². The second-order valence-electron chi connectivity index (χ2n) is 5.26. The van der Waals surface area contributed by atoms with Crippen LogP contribution in [-0.2, 0) is 0 Å². The molecular weight excluding hydrogens is 198 g/mol. The Labute approximate surface area is 101 Å². The predicted molar refractivity (Wildman–Crippen MR) is 70.9 cm³/mol. The van der Waals surface area contributed by atoms with Crippen molar-refractivity contribution < 1.29 is 0 Å². The van der Waals surface area contributed by atoms with Crippen LogP contribution in [-0.4, -0.2) is 63.2 Å². The van der Waals surface area contributed by atoms with Crippen LogP contribution in [0.25, 0.3) is 0 Å². The molecular formula is C13H29N3. The van der Waals surface area contributed by atoms with E-state index in [1.54, 1.807) is 0 Å². The first-order valence-electron chi connectivity index (χ1n) is 6.80. The molecule has 0 saturated carbocycles. The largest absolute Gasteiger partial charge is 0.316 e. The summed E-state index contributed by atoms with van der Waals surface area (Å²) in [6, 6.07) is 0. The van der Waals surface area contributed by atoms with Gasteiger partial charge in [0.05, 0.1) is 0 Å². The standard InChI is InChI=1S/C13H29N3/c1-4-16(10-6-9-15(2)3)12-13-7-5-8-14-11-13/h13-14H,4-12H2,1-3H3. The zero-order valence-electron chi connectivity index (χ0n) is 11.3. The van der Waals surface area contributed by atoms with E-state index in [1.807, 2.05) is 0 Å². The maximum atomic E-state index is 3.50. The molecule has 0 radical (unpaired) electrons. The number of piperidine rings is 1. The van der Waals surface area contributed by atoms with Gasteiger partial charge in [0, 0.05) is 6.54 Å². The molecule has 1 aliphatic heterocycles. The van der Waals surface area contributed by atoms with Crippen LogP contribution in [0.1, 0.15) is 26.2 Å². The van der Waals surface area contributed by atoms with Crippen molar-refractivity contribution in [2.45, 2.75) is 26.2 Å². The van der Waals surface area contributed by atoms with Crippen molar-refractivity contribution in [3.63, 3.8) is 0 Å². The molecule has 1 unspecified atom stereocenters. The molecule has 1 rings (SSSR count). The van der Waals surface area contributed by atoms with E-state index in [-0.39, 0.29) is 0 Å². The Morgan fingerprint density at radius 1 is 1.25 bits per heavy atom. The number of hydrogen-bond acceptors (Lipinski definition) is 3. The van der Waals surface area contributed by atoms with Crippen molar-refractivity contribution in [1.82, 2.24) is 15.1 Å². The summed E-state index contributed by atoms with van der Waals surface area (Å²) < 4.78 is 0. The van der Waals surface area contributed by atoms with Crippen LogP contribution in [0.3, 0.4) is 0 Å². The number of nitrogens with zero attached hydrogens (tertiary/aromatic N) is 2. The highest BCUT2D eigenvalue weighted by atomic mass is 15.1. The second kappa shape index (κ2) is 8.04. The molecule has 1 saturated heterocycles. The van der Waals surface area contributed by atoms with Crippen LogP contribution < -0.4 is 5.32 Å². The highest BCUT2D eigenvalue weighted by Crippen LogP contribution is 2.11. The van der Waals surface area contributed by atoms with E-state index in [0.29, 0.717) is 0 Å². The van der Waals surface area contributed by atoms with E-state index < -0.39 is 0 Å². The lowest BCUT2D eigenvalue weighted by atomic mass is 9.99. The zero-order chi connectivity index (χ0) is 11.8. The smallest absolute Gasteiger partial charge is 0.00217 e. The molecule has 0 aromatic carbocycles. The van der Waals surface area contributed by atoms with Gasteiger partial charge in [-0.2, -0.15) is 0 Å². The lowest BCUT2D eigenvalue weighted by molar-refractivity contribution is 0.207. The van der Waals surface area contributed by atoms with Gasteiger partial charge in [0.2, 0.25) is 0 Å². The molecule has 1 N–H and O–H groups in total. The molecule has 0 amide bonds. The van der Waals surface area contributed by atoms with E-state index in [4.69, 9.17) is 0 Å². The van der Waals surface area contributed by atoms with Crippen molar-refractivity contribution >= 4 is 0 Å². The van der Waals surface area contributed by atoms with Gasteiger partial charge in [-0.25, -0.2) is 0 Å². The Morgan fingerprint density at radius 3 is 2.62 bits per heavy atom. The minimum atomic E-state index is 0.882. The fourth-order valence-electron chi connectivity index (χ4n) is 2.43. The maximum absolute atomic E-state index is 3.50. The first-order chi connectivity index (χ1) is 7.72. The van der Waals surface area contributed by atoms with Gasteiger partial charge in [0.1, 0.15) is 0 Å². The summed E-state index contributed by atoms with van der Waals surface area (Å²) >= 11 is 0. The highest BCUT2D eigenvalue weighted by Gasteiger charge is 2.15. The molecule has 3 heteroatoms. The summed E-state index contributed by atoms with van der Waals surface area (Å²) in [4.78, 5) is 4.89. The average molecular weight is 227 g/mol. The van der Waals surface area contributed by atoms with Crippen molar-refractivity contribution in [2.75, 3.05) is 53.4 Å². The first-order valence-corrected chi connectivity index (χ1v) is 6.80. The molecule has 0 spiro atoms. The van der Waals surface area contributed by atoms with Crippen molar-refractivity contribution in [3.05, 3.63) is 0 Å². The van der Waals surface area contributed by atoms with Crippen LogP contribution >= 0.6 is 0 Å². The molecule has 1 atom stereocenters. The molecule has 1 heterocycles. The third kappa shape index (κ3) is 5.83. The number of nitrogens with one attached hydrogen (secondary N) is 1. The van der Waals surface area contributed by atoms with Gasteiger partial charge >= 0.3 is 0 Å². The van der Waals surface area contributed by atoms with Gasteiger partial charge < -0.3 is 15.1 Å². The zero-order valence-corrected chi connectivity index (χ0v) is 11.3. The fraction of sp³-hybridized carbons (Fsp3) is 1.00. The lowest BCUT2D eigenvalue weighted by Crippen LogP contribution is -2.39. The van der Waals surface area contributed by atoms with E-state index >= 15 is 0 Å². The van der Waals surface area contributed by atoms with Gasteiger partial charge in [0.15, 0.2) is 0 Å². The van der Waals surface area contributed by atoms with E-state index in [9.17, 15) is 0 Å². The summed E-state index contributed by atoms with van der Waals surface area (Å²) in [5.41, 5.74) is 0. The molecule has 0 bridgehead atoms. The summed E-state index contributed by atoms with van der Waals surface area (Å²) in [5, 5.41) is 3.50. The van der Waals surface area contributed by atoms with E-state index in [1.165, 1.54) is 58.5 Å². The molecule has 0 aliphatic carbocycles. The Bertz CT molecular complexity index is 165. The van der Waals surface area contributed by atoms with Crippen LogP contribution in [0.2, 0.25) is 0 Å². The minimum Gasteiger partial charge on any atom is -0.316 e. The van der Waals surface area contributed by atoms with Crippen molar-refractivity contribution in [1.29, 1.82) is 0 Å². The van der Waals surface area contributed by atoms with Crippen LogP contribution in [0.4, 0.5) is 0 Å². The number of rotatable bonds is 7. The normalized spacial score (nSPS) is 21.9. The topological polar surface area (TPSA) is 18.5 Å². The van der Waals surface area contributed by atoms with Gasteiger partial charge in [-0.3, -0.25) is 0 Å². The SMILES string of the molecule is CCN(CCCN(C)C)CC1CCCNC1. The summed E-state index contributed by atoms with van der Waals surface area (Å²) in [6.07, 6.45) is 4.07. The van der Waals surface area contributed by atoms with Crippen LogP contribution in [0, 0.1) is 5.92 Å². The predicted octanol–water partition coefficient (Wildman–Crippen LogP) is 1.26. The quantitative estimate of drug-likeness (QED) is 0.706. The van der Waals surface area contributed by atoms with Gasteiger partial charge in [0.25, 0.3) is 0 Å². The molecule has 0 aromatic heterocycles. The van der Waals surface area contributed by atoms with Gasteiger partial charge in [-0.15, -0.1) is 0 Å². The molecule has 1 aliphatic rings. The van der Waals surface area contributed by atoms with Crippen molar-refractivity contribution in [2.24, 2.45) is 5.92 Å². The maximum Gasteiger partial charge on any atom is 0.00217 e. The van der Waals surface area contributed by atoms with E-state index in [0.717, 1.165) is 5.92 Å². The molecule has 3 nitrogen and oxygen atoms in total. The number of hydrogen-bond donors (Lipinski definition) is 1. The molecule has 16 heavy (non-hydrogen) atoms. The second-order valence-corrected chi connectivity index (χ2v) is 5.26. The summed E-state index contributed by atoms with van der Waals surface area (Å²) in [5.74, 6) is 0.882. The molecule has 0 aromatic rings. The first kappa shape index (κ1) is 13.9. The molecule has 1 fully saturated rings. The Balaban J connectivity index is 2.14. The average Bonchev–Trinajstić information content (AvgIpc) is 2.28. The molecule has 96 valence electrons. The lowest BCUT2D eigenvalue weighted by Gasteiger charge is -2.29. The van der Waals surface area contributed by atoms with Gasteiger partial charge in [-0.05, 0) is 72.0 Å².